The van der Waals surface area contributed by atoms with Crippen LogP contribution in [0.5, 0.6) is 0 Å². The van der Waals surface area contributed by atoms with Gasteiger partial charge in [-0.15, -0.1) is 11.3 Å². The van der Waals surface area contributed by atoms with Crippen molar-refractivity contribution in [2.45, 2.75) is 18.9 Å². The Hall–Kier alpha value is -1.33. The van der Waals surface area contributed by atoms with E-state index in [9.17, 15) is 8.78 Å². The van der Waals surface area contributed by atoms with Crippen molar-refractivity contribution in [3.8, 4) is 0 Å². The number of nitrogens with two attached hydrogens (primary N) is 1. The molecular formula is C12H12F2N2S. The molecule has 1 aromatic heterocycles. The van der Waals surface area contributed by atoms with Crippen LogP contribution < -0.4 is 5.73 Å². The Morgan fingerprint density at radius 2 is 1.94 bits per heavy atom. The van der Waals surface area contributed by atoms with Crippen molar-refractivity contribution >= 4 is 11.3 Å². The third-order valence-corrected chi connectivity index (χ3v) is 3.30. The van der Waals surface area contributed by atoms with Crippen LogP contribution in [-0.4, -0.2) is 4.98 Å². The summed E-state index contributed by atoms with van der Waals surface area (Å²) in [5, 5.41) is 2.69. The highest BCUT2D eigenvalue weighted by Gasteiger charge is 2.24. The Kier molecular flexibility index (Phi) is 3.22. The average Bonchev–Trinajstić information content (AvgIpc) is 2.68. The molecule has 90 valence electrons. The summed E-state index contributed by atoms with van der Waals surface area (Å²) in [6.07, 6.45) is 2.13. The van der Waals surface area contributed by atoms with Gasteiger partial charge in [-0.3, -0.25) is 0 Å². The highest BCUT2D eigenvalue weighted by atomic mass is 32.1. The lowest BCUT2D eigenvalue weighted by Crippen LogP contribution is -2.35. The minimum absolute atomic E-state index is 0.435. The summed E-state index contributed by atoms with van der Waals surface area (Å²) < 4.78 is 26.3. The van der Waals surface area contributed by atoms with Crippen LogP contribution in [0.4, 0.5) is 8.78 Å². The van der Waals surface area contributed by atoms with Crippen LogP contribution in [0.15, 0.2) is 29.8 Å². The van der Waals surface area contributed by atoms with Crippen LogP contribution in [0.1, 0.15) is 17.5 Å². The van der Waals surface area contributed by atoms with Gasteiger partial charge in [-0.05, 0) is 24.6 Å². The number of aromatic nitrogens is 1. The molecule has 0 aliphatic heterocycles. The summed E-state index contributed by atoms with van der Waals surface area (Å²) in [5.41, 5.74) is 5.70. The van der Waals surface area contributed by atoms with Crippen LogP contribution in [0.2, 0.25) is 0 Å². The Morgan fingerprint density at radius 1 is 1.29 bits per heavy atom. The number of benzene rings is 1. The Balaban J connectivity index is 2.30. The van der Waals surface area contributed by atoms with E-state index >= 15 is 0 Å². The van der Waals surface area contributed by atoms with E-state index in [2.05, 4.69) is 4.98 Å². The second-order valence-electron chi connectivity index (χ2n) is 4.18. The maximum atomic E-state index is 13.1. The van der Waals surface area contributed by atoms with Crippen LogP contribution in [0.3, 0.4) is 0 Å². The van der Waals surface area contributed by atoms with Gasteiger partial charge >= 0.3 is 0 Å². The number of hydrogen-bond donors (Lipinski definition) is 1. The van der Waals surface area contributed by atoms with Gasteiger partial charge < -0.3 is 5.73 Å². The fourth-order valence-electron chi connectivity index (χ4n) is 1.64. The molecule has 0 saturated carbocycles. The minimum atomic E-state index is -0.833. The molecule has 0 spiro atoms. The predicted octanol–water partition coefficient (Wildman–Crippen LogP) is 2.84. The highest BCUT2D eigenvalue weighted by molar-refractivity contribution is 7.09. The molecule has 17 heavy (non-hydrogen) atoms. The lowest BCUT2D eigenvalue weighted by molar-refractivity contribution is 0.477. The van der Waals surface area contributed by atoms with E-state index in [1.165, 1.54) is 23.5 Å². The van der Waals surface area contributed by atoms with E-state index in [0.717, 1.165) is 11.1 Å². The molecule has 2 nitrogen and oxygen atoms in total. The van der Waals surface area contributed by atoms with E-state index in [1.54, 1.807) is 13.1 Å². The fourth-order valence-corrected chi connectivity index (χ4v) is 2.42. The largest absolute Gasteiger partial charge is 0.321 e. The molecule has 0 bridgehead atoms. The van der Waals surface area contributed by atoms with Crippen molar-refractivity contribution in [2.75, 3.05) is 0 Å². The number of thiazole rings is 1. The van der Waals surface area contributed by atoms with Gasteiger partial charge in [0.05, 0.1) is 5.01 Å². The van der Waals surface area contributed by atoms with Gasteiger partial charge in [-0.1, -0.05) is 0 Å². The molecular weight excluding hydrogens is 242 g/mol. The SMILES string of the molecule is CC(N)(Cc1nccs1)c1cc(F)cc(F)c1. The zero-order valence-corrected chi connectivity index (χ0v) is 10.1. The zero-order valence-electron chi connectivity index (χ0n) is 9.28. The molecule has 0 amide bonds. The number of nitrogens with zero attached hydrogens (tertiary/aromatic N) is 1. The number of halogens is 2. The lowest BCUT2D eigenvalue weighted by Gasteiger charge is -2.24. The predicted molar refractivity (Wildman–Crippen MR) is 63.7 cm³/mol. The third kappa shape index (κ3) is 2.87. The van der Waals surface area contributed by atoms with Gasteiger partial charge in [0, 0.05) is 29.6 Å². The van der Waals surface area contributed by atoms with Crippen molar-refractivity contribution in [1.29, 1.82) is 0 Å². The van der Waals surface area contributed by atoms with E-state index in [4.69, 9.17) is 5.73 Å². The van der Waals surface area contributed by atoms with Crippen LogP contribution in [-0.2, 0) is 12.0 Å². The summed E-state index contributed by atoms with van der Waals surface area (Å²) in [4.78, 5) is 4.12. The normalized spacial score (nSPS) is 14.6. The smallest absolute Gasteiger partial charge is 0.126 e. The van der Waals surface area contributed by atoms with Crippen LogP contribution in [0.25, 0.3) is 0 Å². The first kappa shape index (κ1) is 12.1. The van der Waals surface area contributed by atoms with Crippen molar-refractivity contribution in [1.82, 2.24) is 4.98 Å². The van der Waals surface area contributed by atoms with Crippen LogP contribution >= 0.6 is 11.3 Å². The second kappa shape index (κ2) is 4.50. The third-order valence-electron chi connectivity index (χ3n) is 2.52. The molecule has 2 aromatic rings. The van der Waals surface area contributed by atoms with E-state index in [0.29, 0.717) is 12.0 Å². The van der Waals surface area contributed by atoms with E-state index in [1.807, 2.05) is 5.38 Å². The summed E-state index contributed by atoms with van der Waals surface area (Å²) in [6.45, 7) is 1.74. The molecule has 0 aliphatic carbocycles. The standard InChI is InChI=1S/C12H12F2N2S/c1-12(15,7-11-16-2-3-17-11)8-4-9(13)6-10(14)5-8/h2-6H,7,15H2,1H3. The van der Waals surface area contributed by atoms with Gasteiger partial charge in [0.25, 0.3) is 0 Å². The van der Waals surface area contributed by atoms with Gasteiger partial charge in [0.15, 0.2) is 0 Å². The Morgan fingerprint density at radius 3 is 2.47 bits per heavy atom. The first-order valence-corrected chi connectivity index (χ1v) is 5.99. The maximum Gasteiger partial charge on any atom is 0.126 e. The van der Waals surface area contributed by atoms with E-state index in [-0.39, 0.29) is 0 Å². The molecule has 0 saturated heterocycles. The van der Waals surface area contributed by atoms with Crippen molar-refractivity contribution in [3.63, 3.8) is 0 Å². The fraction of sp³-hybridized carbons (Fsp3) is 0.250. The summed E-state index contributed by atoms with van der Waals surface area (Å²) in [5.74, 6) is -1.23. The summed E-state index contributed by atoms with van der Waals surface area (Å²) in [6, 6.07) is 3.36. The van der Waals surface area contributed by atoms with Crippen molar-refractivity contribution in [2.24, 2.45) is 5.73 Å². The van der Waals surface area contributed by atoms with Gasteiger partial charge in [-0.25, -0.2) is 13.8 Å². The molecule has 0 fully saturated rings. The monoisotopic (exact) mass is 254 g/mol. The summed E-state index contributed by atoms with van der Waals surface area (Å²) in [7, 11) is 0. The van der Waals surface area contributed by atoms with Gasteiger partial charge in [-0.2, -0.15) is 0 Å². The average molecular weight is 254 g/mol. The molecule has 1 unspecified atom stereocenters. The Labute approximate surface area is 102 Å². The second-order valence-corrected chi connectivity index (χ2v) is 5.16. The Bertz CT molecular complexity index is 489. The molecule has 1 heterocycles. The van der Waals surface area contributed by atoms with Crippen molar-refractivity contribution in [3.05, 3.63) is 52.0 Å². The molecule has 5 heteroatoms. The van der Waals surface area contributed by atoms with Crippen molar-refractivity contribution < 1.29 is 8.78 Å². The molecule has 2 rings (SSSR count). The lowest BCUT2D eigenvalue weighted by atomic mass is 9.90. The topological polar surface area (TPSA) is 38.9 Å². The number of hydrogen-bond acceptors (Lipinski definition) is 3. The first-order chi connectivity index (χ1) is 7.97. The number of rotatable bonds is 3. The molecule has 1 atom stereocenters. The molecule has 2 N–H and O–H groups in total. The quantitative estimate of drug-likeness (QED) is 0.914. The minimum Gasteiger partial charge on any atom is -0.321 e. The molecule has 0 aliphatic rings. The van der Waals surface area contributed by atoms with Crippen LogP contribution in [0, 0.1) is 11.6 Å². The summed E-state index contributed by atoms with van der Waals surface area (Å²) >= 11 is 1.47. The molecule has 1 aromatic carbocycles. The molecule has 0 radical (unpaired) electrons. The zero-order chi connectivity index (χ0) is 12.5. The first-order valence-electron chi connectivity index (χ1n) is 5.11. The maximum absolute atomic E-state index is 13.1. The van der Waals surface area contributed by atoms with E-state index < -0.39 is 17.2 Å². The van der Waals surface area contributed by atoms with Gasteiger partial charge in [0.2, 0.25) is 0 Å². The highest BCUT2D eigenvalue weighted by Crippen LogP contribution is 2.25. The van der Waals surface area contributed by atoms with Gasteiger partial charge in [0.1, 0.15) is 11.6 Å².